The summed E-state index contributed by atoms with van der Waals surface area (Å²) in [7, 11) is -2.98. The van der Waals surface area contributed by atoms with Gasteiger partial charge in [0.1, 0.15) is 0 Å². The maximum atomic E-state index is 12.3. The van der Waals surface area contributed by atoms with Crippen LogP contribution < -0.4 is 5.32 Å². The number of rotatable bonds is 7. The molecule has 1 rings (SSSR count). The van der Waals surface area contributed by atoms with Crippen LogP contribution in [0.15, 0.2) is 0 Å². The van der Waals surface area contributed by atoms with Gasteiger partial charge in [0.25, 0.3) is 0 Å². The van der Waals surface area contributed by atoms with Gasteiger partial charge < -0.3 is 10.2 Å². The third kappa shape index (κ3) is 5.79. The first-order valence-corrected chi connectivity index (χ1v) is 9.41. The molecule has 1 fully saturated rings. The molecule has 0 saturated carbocycles. The van der Waals surface area contributed by atoms with Crippen molar-refractivity contribution < 1.29 is 13.2 Å². The van der Waals surface area contributed by atoms with Crippen molar-refractivity contribution in [2.45, 2.75) is 58.5 Å². The van der Waals surface area contributed by atoms with Gasteiger partial charge in [-0.3, -0.25) is 4.79 Å². The molecule has 1 amide bonds. The summed E-state index contributed by atoms with van der Waals surface area (Å²) in [4.78, 5) is 14.2. The topological polar surface area (TPSA) is 66.5 Å². The Labute approximate surface area is 123 Å². The third-order valence-electron chi connectivity index (χ3n) is 3.67. The van der Waals surface area contributed by atoms with E-state index in [0.29, 0.717) is 6.54 Å². The minimum Gasteiger partial charge on any atom is -0.340 e. The summed E-state index contributed by atoms with van der Waals surface area (Å²) in [5.74, 6) is 0.326. The summed E-state index contributed by atoms with van der Waals surface area (Å²) in [6.45, 7) is 7.38. The quantitative estimate of drug-likeness (QED) is 0.718. The van der Waals surface area contributed by atoms with Gasteiger partial charge in [-0.25, -0.2) is 8.42 Å². The zero-order valence-corrected chi connectivity index (χ0v) is 13.7. The minimum absolute atomic E-state index is 0.0608. The van der Waals surface area contributed by atoms with E-state index in [4.69, 9.17) is 0 Å². The van der Waals surface area contributed by atoms with Crippen LogP contribution in [0.25, 0.3) is 0 Å². The smallest absolute Gasteiger partial charge is 0.224 e. The summed E-state index contributed by atoms with van der Waals surface area (Å²) >= 11 is 0. The summed E-state index contributed by atoms with van der Waals surface area (Å²) < 4.78 is 23.2. The molecule has 1 aliphatic heterocycles. The molecule has 0 aromatic carbocycles. The van der Waals surface area contributed by atoms with E-state index >= 15 is 0 Å². The van der Waals surface area contributed by atoms with Crippen LogP contribution in [0.5, 0.6) is 0 Å². The molecule has 0 radical (unpaired) electrons. The highest BCUT2D eigenvalue weighted by Crippen LogP contribution is 2.11. The first-order valence-electron chi connectivity index (χ1n) is 7.59. The lowest BCUT2D eigenvalue weighted by Crippen LogP contribution is -2.48. The molecule has 6 heteroatoms. The SMILES string of the molecule is CCCCCN(C(=O)CC1CS(=O)(=O)CCN1)C(C)C. The van der Waals surface area contributed by atoms with Gasteiger partial charge in [-0.1, -0.05) is 19.8 Å². The number of nitrogens with one attached hydrogen (secondary N) is 1. The van der Waals surface area contributed by atoms with Gasteiger partial charge in [0.2, 0.25) is 5.91 Å². The maximum absolute atomic E-state index is 12.3. The molecule has 1 N–H and O–H groups in total. The number of hydrogen-bond donors (Lipinski definition) is 1. The number of amides is 1. The Morgan fingerprint density at radius 1 is 1.35 bits per heavy atom. The molecule has 1 saturated heterocycles. The van der Waals surface area contributed by atoms with Crippen molar-refractivity contribution >= 4 is 15.7 Å². The molecule has 1 atom stereocenters. The molecule has 0 spiro atoms. The number of carbonyl (C=O) groups is 1. The van der Waals surface area contributed by atoms with Crippen LogP contribution in [0.2, 0.25) is 0 Å². The Bertz CT molecular complexity index is 407. The first-order chi connectivity index (χ1) is 9.35. The van der Waals surface area contributed by atoms with Crippen molar-refractivity contribution in [2.75, 3.05) is 24.6 Å². The summed E-state index contributed by atoms with van der Waals surface area (Å²) in [6, 6.07) is -0.0618. The number of sulfone groups is 1. The summed E-state index contributed by atoms with van der Waals surface area (Å²) in [5.41, 5.74) is 0. The van der Waals surface area contributed by atoms with Gasteiger partial charge in [-0.05, 0) is 20.3 Å². The van der Waals surface area contributed by atoms with Gasteiger partial charge in [-0.15, -0.1) is 0 Å². The number of hydrogen-bond acceptors (Lipinski definition) is 4. The molecule has 1 aliphatic rings. The highest BCUT2D eigenvalue weighted by Gasteiger charge is 2.28. The molecule has 1 unspecified atom stereocenters. The fourth-order valence-electron chi connectivity index (χ4n) is 2.53. The Balaban J connectivity index is 2.52. The van der Waals surface area contributed by atoms with E-state index in [2.05, 4.69) is 12.2 Å². The first kappa shape index (κ1) is 17.4. The third-order valence-corrected chi connectivity index (χ3v) is 5.40. The standard InChI is InChI=1S/C14H28N2O3S/c1-4-5-6-8-16(12(2)3)14(17)10-13-11-20(18,19)9-7-15-13/h12-13,15H,4-11H2,1-3H3. The van der Waals surface area contributed by atoms with E-state index in [0.717, 1.165) is 25.8 Å². The molecule has 5 nitrogen and oxygen atoms in total. The predicted molar refractivity (Wildman–Crippen MR) is 81.4 cm³/mol. The fourth-order valence-corrected chi connectivity index (χ4v) is 3.97. The van der Waals surface area contributed by atoms with Gasteiger partial charge in [0.05, 0.1) is 11.5 Å². The van der Waals surface area contributed by atoms with Crippen LogP contribution in [0.3, 0.4) is 0 Å². The molecule has 20 heavy (non-hydrogen) atoms. The predicted octanol–water partition coefficient (Wildman–Crippen LogP) is 1.19. The highest BCUT2D eigenvalue weighted by atomic mass is 32.2. The van der Waals surface area contributed by atoms with E-state index in [1.165, 1.54) is 0 Å². The van der Waals surface area contributed by atoms with Crippen LogP contribution in [0, 0.1) is 0 Å². The molecule has 0 aromatic rings. The molecule has 0 aliphatic carbocycles. The van der Waals surface area contributed by atoms with Gasteiger partial charge in [0.15, 0.2) is 9.84 Å². The largest absolute Gasteiger partial charge is 0.340 e. The fraction of sp³-hybridized carbons (Fsp3) is 0.929. The van der Waals surface area contributed by atoms with Crippen LogP contribution in [-0.4, -0.2) is 55.9 Å². The number of carbonyl (C=O) groups excluding carboxylic acids is 1. The van der Waals surface area contributed by atoms with Gasteiger partial charge >= 0.3 is 0 Å². The second-order valence-corrected chi connectivity index (χ2v) is 8.09. The Morgan fingerprint density at radius 3 is 2.60 bits per heavy atom. The maximum Gasteiger partial charge on any atom is 0.224 e. The second kappa shape index (κ2) is 7.98. The van der Waals surface area contributed by atoms with E-state index in [1.807, 2.05) is 18.7 Å². The molecule has 0 aromatic heterocycles. The Morgan fingerprint density at radius 2 is 2.05 bits per heavy atom. The van der Waals surface area contributed by atoms with Crippen LogP contribution in [0.4, 0.5) is 0 Å². The highest BCUT2D eigenvalue weighted by molar-refractivity contribution is 7.91. The monoisotopic (exact) mass is 304 g/mol. The van der Waals surface area contributed by atoms with Crippen LogP contribution in [-0.2, 0) is 14.6 Å². The van der Waals surface area contributed by atoms with Crippen molar-refractivity contribution in [3.63, 3.8) is 0 Å². The lowest BCUT2D eigenvalue weighted by atomic mass is 10.1. The Hall–Kier alpha value is -0.620. The van der Waals surface area contributed by atoms with Gasteiger partial charge in [0, 0.05) is 31.6 Å². The summed E-state index contributed by atoms with van der Waals surface area (Å²) in [5, 5.41) is 3.14. The molecular weight excluding hydrogens is 276 g/mol. The lowest BCUT2D eigenvalue weighted by Gasteiger charge is -2.30. The molecule has 1 heterocycles. The van der Waals surface area contributed by atoms with E-state index in [9.17, 15) is 13.2 Å². The minimum atomic E-state index is -2.98. The zero-order valence-electron chi connectivity index (χ0n) is 12.9. The van der Waals surface area contributed by atoms with Crippen molar-refractivity contribution in [1.29, 1.82) is 0 Å². The summed E-state index contributed by atoms with van der Waals surface area (Å²) in [6.07, 6.45) is 3.54. The lowest BCUT2D eigenvalue weighted by molar-refractivity contribution is -0.133. The average Bonchev–Trinajstić information content (AvgIpc) is 2.32. The van der Waals surface area contributed by atoms with Crippen molar-refractivity contribution in [1.82, 2.24) is 10.2 Å². The second-order valence-electron chi connectivity index (χ2n) is 5.86. The van der Waals surface area contributed by atoms with Crippen molar-refractivity contribution in [3.05, 3.63) is 0 Å². The van der Waals surface area contributed by atoms with Crippen molar-refractivity contribution in [3.8, 4) is 0 Å². The van der Waals surface area contributed by atoms with Crippen LogP contribution >= 0.6 is 0 Å². The van der Waals surface area contributed by atoms with E-state index in [-0.39, 0.29) is 35.9 Å². The number of nitrogens with zero attached hydrogens (tertiary/aromatic N) is 1. The van der Waals surface area contributed by atoms with E-state index < -0.39 is 9.84 Å². The molecule has 0 bridgehead atoms. The van der Waals surface area contributed by atoms with Crippen LogP contribution in [0.1, 0.15) is 46.5 Å². The normalized spacial score (nSPS) is 21.9. The van der Waals surface area contributed by atoms with Gasteiger partial charge in [-0.2, -0.15) is 0 Å². The average molecular weight is 304 g/mol. The zero-order chi connectivity index (χ0) is 15.2. The Kier molecular flexibility index (Phi) is 6.95. The van der Waals surface area contributed by atoms with Crippen molar-refractivity contribution in [2.24, 2.45) is 0 Å². The van der Waals surface area contributed by atoms with E-state index in [1.54, 1.807) is 0 Å². The molecule has 118 valence electrons. The number of unbranched alkanes of at least 4 members (excludes halogenated alkanes) is 2. The molecular formula is C14H28N2O3S.